The Labute approximate surface area is 368 Å². The van der Waals surface area contributed by atoms with Crippen LogP contribution in [0.2, 0.25) is 0 Å². The molecule has 0 atom stereocenters. The van der Waals surface area contributed by atoms with Gasteiger partial charge in [0.05, 0.1) is 12.8 Å². The predicted molar refractivity (Wildman–Crippen MR) is 259 cm³/mol. The van der Waals surface area contributed by atoms with Gasteiger partial charge in [-0.15, -0.1) is 11.3 Å². The Balaban J connectivity index is 1.14. The fourth-order valence-corrected chi connectivity index (χ4v) is 12.6. The molecule has 0 saturated carbocycles. The Morgan fingerprint density at radius 2 is 1.32 bits per heavy atom. The van der Waals surface area contributed by atoms with E-state index < -0.39 is 0 Å². The predicted octanol–water partition coefficient (Wildman–Crippen LogP) is 11.8. The van der Waals surface area contributed by atoms with Crippen molar-refractivity contribution in [3.05, 3.63) is 150 Å². The van der Waals surface area contributed by atoms with Crippen LogP contribution >= 0.6 is 11.3 Å². The number of aryl methyl sites for hydroxylation is 1. The van der Waals surface area contributed by atoms with Gasteiger partial charge in [0.2, 0.25) is 0 Å². The summed E-state index contributed by atoms with van der Waals surface area (Å²) in [5, 5.41) is 1.32. The molecule has 2 aliphatic carbocycles. The van der Waals surface area contributed by atoms with Gasteiger partial charge in [0.1, 0.15) is 18.4 Å². The van der Waals surface area contributed by atoms with Gasteiger partial charge in [-0.1, -0.05) is 77.9 Å². The van der Waals surface area contributed by atoms with Crippen molar-refractivity contribution in [3.8, 4) is 28.3 Å². The topological polar surface area (TPSA) is 54.4 Å². The minimum absolute atomic E-state index is 0.0130. The van der Waals surface area contributed by atoms with E-state index in [1.54, 1.807) is 19.8 Å². The summed E-state index contributed by atoms with van der Waals surface area (Å²) in [6.45, 7) is 16.7. The summed E-state index contributed by atoms with van der Waals surface area (Å²) in [4.78, 5) is 18.1. The number of benzene rings is 6. The van der Waals surface area contributed by atoms with Crippen LogP contribution in [0, 0.1) is 6.92 Å². The molecule has 8 heteroatoms. The number of fused-ring (bicyclic) bond motifs is 10. The smallest absolute Gasteiger partial charge is 0.264 e. The van der Waals surface area contributed by atoms with Crippen LogP contribution in [0.3, 0.4) is 0 Å². The lowest BCUT2D eigenvalue weighted by Crippen LogP contribution is -2.60. The highest BCUT2D eigenvalue weighted by atomic mass is 32.1. The van der Waals surface area contributed by atoms with Gasteiger partial charge in [-0.2, -0.15) is 0 Å². The van der Waals surface area contributed by atoms with Crippen molar-refractivity contribution < 1.29 is 4.74 Å². The van der Waals surface area contributed by atoms with Gasteiger partial charge in [0.25, 0.3) is 6.71 Å². The molecule has 12 rings (SSSR count). The first-order valence-electron chi connectivity index (χ1n) is 21.8. The quantitative estimate of drug-likeness (QED) is 0.165. The normalized spacial score (nSPS) is 16.9. The van der Waals surface area contributed by atoms with E-state index in [1.807, 2.05) is 11.3 Å². The Bertz CT molecular complexity index is 3190. The van der Waals surface area contributed by atoms with Crippen LogP contribution in [0.1, 0.15) is 82.2 Å². The van der Waals surface area contributed by atoms with Gasteiger partial charge in [0, 0.05) is 60.3 Å². The molecule has 0 amide bonds. The van der Waals surface area contributed by atoms with E-state index in [-0.39, 0.29) is 23.0 Å². The molecular formula is C54H48BN5OS. The van der Waals surface area contributed by atoms with Crippen molar-refractivity contribution in [1.82, 2.24) is 15.0 Å². The largest absolute Gasteiger partial charge is 0.497 e. The van der Waals surface area contributed by atoms with Crippen molar-refractivity contribution in [2.75, 3.05) is 16.9 Å². The highest BCUT2D eigenvalue weighted by Gasteiger charge is 2.47. The zero-order chi connectivity index (χ0) is 42.4. The highest BCUT2D eigenvalue weighted by Crippen LogP contribution is 2.54. The lowest BCUT2D eigenvalue weighted by atomic mass is 9.36. The molecule has 4 heterocycles. The number of ether oxygens (including phenoxy) is 1. The minimum Gasteiger partial charge on any atom is -0.497 e. The standard InChI is InChI=1S/C54H48BN5OS/c1-31-23-45-48-46(24-31)60(33-15-13-32(14-16-33)51-57-29-56-30-58-51)49-38-27-41-42(53(4,5)22-21-52(41,2)3)28-47(38)62-50(49)55(48)43-20-18-35(61-8)26-44(43)59(45)34-17-19-37-36-11-9-10-12-39(36)54(6,7)40(37)25-34/h9-20,23-30H,21-22H2,1-8H3. The molecule has 8 aromatic rings. The first kappa shape index (κ1) is 37.5. The molecule has 2 aromatic heterocycles. The fraction of sp³-hybridized carbons (Fsp3) is 0.241. The summed E-state index contributed by atoms with van der Waals surface area (Å²) in [5.74, 6) is 1.52. The Hall–Kier alpha value is -6.25. The summed E-state index contributed by atoms with van der Waals surface area (Å²) in [6, 6.07) is 41.5. The lowest BCUT2D eigenvalue weighted by Gasteiger charge is -2.44. The second-order valence-electron chi connectivity index (χ2n) is 19.6. The van der Waals surface area contributed by atoms with E-state index in [9.17, 15) is 0 Å². The molecule has 6 aromatic carbocycles. The Morgan fingerprint density at radius 1 is 0.645 bits per heavy atom. The van der Waals surface area contributed by atoms with Crippen LogP contribution in [0.15, 0.2) is 122 Å². The average molecular weight is 826 g/mol. The number of methoxy groups -OCH3 is 1. The van der Waals surface area contributed by atoms with E-state index in [0.29, 0.717) is 5.82 Å². The van der Waals surface area contributed by atoms with Gasteiger partial charge < -0.3 is 14.5 Å². The Morgan fingerprint density at radius 3 is 2.06 bits per heavy atom. The molecular weight excluding hydrogens is 778 g/mol. The van der Waals surface area contributed by atoms with Crippen LogP contribution in [-0.4, -0.2) is 28.8 Å². The molecule has 304 valence electrons. The van der Waals surface area contributed by atoms with Gasteiger partial charge >= 0.3 is 0 Å². The average Bonchev–Trinajstić information content (AvgIpc) is 3.76. The fourth-order valence-electron chi connectivity index (χ4n) is 11.3. The molecule has 0 fully saturated rings. The number of hydrogen-bond acceptors (Lipinski definition) is 7. The van der Waals surface area contributed by atoms with Crippen molar-refractivity contribution in [2.24, 2.45) is 0 Å². The van der Waals surface area contributed by atoms with E-state index in [1.165, 1.54) is 88.2 Å². The summed E-state index contributed by atoms with van der Waals surface area (Å²) >= 11 is 1.98. The van der Waals surface area contributed by atoms with Crippen molar-refractivity contribution >= 4 is 78.0 Å². The molecule has 0 N–H and O–H groups in total. The van der Waals surface area contributed by atoms with E-state index in [0.717, 1.165) is 34.8 Å². The van der Waals surface area contributed by atoms with Crippen LogP contribution in [-0.2, 0) is 16.2 Å². The zero-order valence-electron chi connectivity index (χ0n) is 36.6. The number of nitrogens with zero attached hydrogens (tertiary/aromatic N) is 5. The summed E-state index contributed by atoms with van der Waals surface area (Å²) in [7, 11) is 1.78. The maximum atomic E-state index is 6.02. The van der Waals surface area contributed by atoms with Crippen LogP contribution in [0.25, 0.3) is 32.6 Å². The number of aromatic nitrogens is 3. The number of anilines is 6. The van der Waals surface area contributed by atoms with E-state index in [4.69, 9.17) is 4.74 Å². The maximum Gasteiger partial charge on any atom is 0.264 e. The summed E-state index contributed by atoms with van der Waals surface area (Å²) < 4.78 is 8.73. The molecule has 0 bridgehead atoms. The number of rotatable bonds is 4. The summed E-state index contributed by atoms with van der Waals surface area (Å²) in [5.41, 5.74) is 20.3. The molecule has 62 heavy (non-hydrogen) atoms. The van der Waals surface area contributed by atoms with Crippen molar-refractivity contribution in [3.63, 3.8) is 0 Å². The summed E-state index contributed by atoms with van der Waals surface area (Å²) in [6.07, 6.45) is 5.47. The third kappa shape index (κ3) is 5.19. The first-order chi connectivity index (χ1) is 29.8. The first-order valence-corrected chi connectivity index (χ1v) is 22.7. The highest BCUT2D eigenvalue weighted by molar-refractivity contribution is 7.33. The number of hydrogen-bond donors (Lipinski definition) is 0. The molecule has 0 radical (unpaired) electrons. The van der Waals surface area contributed by atoms with Crippen LogP contribution in [0.4, 0.5) is 34.1 Å². The van der Waals surface area contributed by atoms with Gasteiger partial charge in [-0.25, -0.2) is 15.0 Å². The maximum absolute atomic E-state index is 6.02. The third-order valence-corrected chi connectivity index (χ3v) is 15.9. The van der Waals surface area contributed by atoms with Gasteiger partial charge in [-0.05, 0) is 147 Å². The minimum atomic E-state index is -0.137. The van der Waals surface area contributed by atoms with Crippen molar-refractivity contribution in [2.45, 2.75) is 77.6 Å². The molecule has 2 aliphatic heterocycles. The second-order valence-corrected chi connectivity index (χ2v) is 20.7. The lowest BCUT2D eigenvalue weighted by molar-refractivity contribution is 0.332. The third-order valence-electron chi connectivity index (χ3n) is 14.7. The zero-order valence-corrected chi connectivity index (χ0v) is 37.4. The molecule has 6 nitrogen and oxygen atoms in total. The van der Waals surface area contributed by atoms with Crippen LogP contribution in [0.5, 0.6) is 5.75 Å². The molecule has 0 unspecified atom stereocenters. The van der Waals surface area contributed by atoms with Gasteiger partial charge in [-0.3, -0.25) is 0 Å². The monoisotopic (exact) mass is 825 g/mol. The molecule has 0 spiro atoms. The second kappa shape index (κ2) is 12.9. The van der Waals surface area contributed by atoms with E-state index >= 15 is 0 Å². The molecule has 0 saturated heterocycles. The van der Waals surface area contributed by atoms with Gasteiger partial charge in [0.15, 0.2) is 5.82 Å². The van der Waals surface area contributed by atoms with Crippen molar-refractivity contribution in [1.29, 1.82) is 0 Å². The van der Waals surface area contributed by atoms with Crippen LogP contribution < -0.4 is 30.2 Å². The Kier molecular flexibility index (Phi) is 7.80. The van der Waals surface area contributed by atoms with E-state index in [2.05, 4.69) is 182 Å². The SMILES string of the molecule is COc1ccc2c(c1)N(c1ccc3c(c1)C(C)(C)c1ccccc1-3)c1cc(C)cc3c1B2c1sc2cc4c(cc2c1N3c1ccc(-c2ncncn2)cc1)C(C)(C)CCC4(C)C. The molecule has 4 aliphatic rings. The number of thiophene rings is 1.